The molecule has 2 atom stereocenters. The minimum Gasteiger partial charge on any atom is -0.334 e. The van der Waals surface area contributed by atoms with Gasteiger partial charge in [-0.25, -0.2) is 4.39 Å². The van der Waals surface area contributed by atoms with Crippen LogP contribution in [0.2, 0.25) is 0 Å². The smallest absolute Gasteiger partial charge is 0.243 e. The standard InChI is InChI=1S/C24H25FN2O3/c1-16(18-11-12-18)26(14-17-7-3-2-4-8-17)23(29)15-27-22(28)13-20(24(27)30)19-9-5-6-10-21(19)25/h2-10,16,18,20H,11-15H2,1H3/t16-,20-/m1/s1. The number of imide groups is 1. The number of hydrogen-bond acceptors (Lipinski definition) is 3. The zero-order chi connectivity index (χ0) is 21.3. The van der Waals surface area contributed by atoms with Crippen LogP contribution in [0.5, 0.6) is 0 Å². The summed E-state index contributed by atoms with van der Waals surface area (Å²) in [7, 11) is 0. The number of benzene rings is 2. The molecule has 2 aromatic carbocycles. The number of hydrogen-bond donors (Lipinski definition) is 0. The summed E-state index contributed by atoms with van der Waals surface area (Å²) in [5, 5.41) is 0. The molecule has 0 aromatic heterocycles. The van der Waals surface area contributed by atoms with Crippen molar-refractivity contribution in [3.8, 4) is 0 Å². The van der Waals surface area contributed by atoms with E-state index < -0.39 is 23.5 Å². The number of halogens is 1. The first-order valence-electron chi connectivity index (χ1n) is 10.4. The van der Waals surface area contributed by atoms with Gasteiger partial charge in [0.15, 0.2) is 0 Å². The second kappa shape index (κ2) is 8.38. The third-order valence-electron chi connectivity index (χ3n) is 6.13. The lowest BCUT2D eigenvalue weighted by atomic mass is 9.97. The molecule has 1 aliphatic carbocycles. The van der Waals surface area contributed by atoms with Crippen LogP contribution in [0, 0.1) is 11.7 Å². The molecule has 2 aliphatic rings. The Hall–Kier alpha value is -3.02. The van der Waals surface area contributed by atoms with Gasteiger partial charge in [0, 0.05) is 24.6 Å². The van der Waals surface area contributed by atoms with Crippen LogP contribution in [0.15, 0.2) is 54.6 Å². The second-order valence-corrected chi connectivity index (χ2v) is 8.18. The molecular formula is C24H25FN2O3. The first-order valence-corrected chi connectivity index (χ1v) is 10.4. The summed E-state index contributed by atoms with van der Waals surface area (Å²) in [5.41, 5.74) is 1.21. The van der Waals surface area contributed by atoms with Gasteiger partial charge >= 0.3 is 0 Å². The molecule has 4 rings (SSSR count). The quantitative estimate of drug-likeness (QED) is 0.659. The summed E-state index contributed by atoms with van der Waals surface area (Å²) in [6.07, 6.45) is 2.05. The third kappa shape index (κ3) is 4.13. The summed E-state index contributed by atoms with van der Waals surface area (Å²) in [6, 6.07) is 15.7. The Morgan fingerprint density at radius 3 is 2.43 bits per heavy atom. The number of amides is 3. The van der Waals surface area contributed by atoms with Crippen molar-refractivity contribution in [2.75, 3.05) is 6.54 Å². The maximum Gasteiger partial charge on any atom is 0.243 e. The summed E-state index contributed by atoms with van der Waals surface area (Å²) in [4.78, 5) is 41.3. The second-order valence-electron chi connectivity index (χ2n) is 8.18. The molecule has 2 fully saturated rings. The molecule has 6 heteroatoms. The van der Waals surface area contributed by atoms with E-state index in [1.165, 1.54) is 12.1 Å². The van der Waals surface area contributed by atoms with E-state index in [1.807, 2.05) is 37.3 Å². The van der Waals surface area contributed by atoms with Crippen LogP contribution in [0.1, 0.15) is 43.2 Å². The van der Waals surface area contributed by atoms with E-state index in [4.69, 9.17) is 0 Å². The van der Waals surface area contributed by atoms with E-state index in [0.717, 1.165) is 23.3 Å². The largest absolute Gasteiger partial charge is 0.334 e. The van der Waals surface area contributed by atoms with Gasteiger partial charge in [-0.3, -0.25) is 19.3 Å². The maximum absolute atomic E-state index is 14.1. The average molecular weight is 408 g/mol. The fourth-order valence-electron chi connectivity index (χ4n) is 4.15. The van der Waals surface area contributed by atoms with E-state index in [-0.39, 0.29) is 30.5 Å². The molecule has 0 N–H and O–H groups in total. The lowest BCUT2D eigenvalue weighted by molar-refractivity contribution is -0.147. The molecule has 3 amide bonds. The molecule has 30 heavy (non-hydrogen) atoms. The zero-order valence-electron chi connectivity index (χ0n) is 17.0. The molecule has 0 spiro atoms. The zero-order valence-corrected chi connectivity index (χ0v) is 17.0. The third-order valence-corrected chi connectivity index (χ3v) is 6.13. The minimum atomic E-state index is -0.866. The van der Waals surface area contributed by atoms with Gasteiger partial charge in [-0.2, -0.15) is 0 Å². The van der Waals surface area contributed by atoms with E-state index >= 15 is 0 Å². The van der Waals surface area contributed by atoms with Gasteiger partial charge in [0.25, 0.3) is 0 Å². The van der Waals surface area contributed by atoms with E-state index in [1.54, 1.807) is 17.0 Å². The normalized spacial score (nSPS) is 19.8. The van der Waals surface area contributed by atoms with Crippen LogP contribution in [0.25, 0.3) is 0 Å². The highest BCUT2D eigenvalue weighted by molar-refractivity contribution is 6.08. The van der Waals surface area contributed by atoms with Crippen molar-refractivity contribution in [1.82, 2.24) is 9.80 Å². The van der Waals surface area contributed by atoms with Gasteiger partial charge in [0.1, 0.15) is 12.4 Å². The number of carbonyl (C=O) groups excluding carboxylic acids is 3. The first-order chi connectivity index (χ1) is 14.5. The van der Waals surface area contributed by atoms with Crippen LogP contribution < -0.4 is 0 Å². The summed E-state index contributed by atoms with van der Waals surface area (Å²) < 4.78 is 14.1. The SMILES string of the molecule is C[C@H](C1CC1)N(Cc1ccccc1)C(=O)CN1C(=O)C[C@H](c2ccccc2F)C1=O. The van der Waals surface area contributed by atoms with Crippen molar-refractivity contribution in [2.45, 2.75) is 44.7 Å². The van der Waals surface area contributed by atoms with Gasteiger partial charge in [0.2, 0.25) is 17.7 Å². The van der Waals surface area contributed by atoms with E-state index in [0.29, 0.717) is 12.5 Å². The van der Waals surface area contributed by atoms with Crippen molar-refractivity contribution >= 4 is 17.7 Å². The van der Waals surface area contributed by atoms with Gasteiger partial charge in [-0.15, -0.1) is 0 Å². The van der Waals surface area contributed by atoms with Gasteiger partial charge < -0.3 is 4.90 Å². The average Bonchev–Trinajstić information content (AvgIpc) is 3.56. The fraction of sp³-hybridized carbons (Fsp3) is 0.375. The van der Waals surface area contributed by atoms with Crippen molar-refractivity contribution in [2.24, 2.45) is 5.92 Å². The molecule has 0 radical (unpaired) electrons. The topological polar surface area (TPSA) is 57.7 Å². The summed E-state index contributed by atoms with van der Waals surface area (Å²) >= 11 is 0. The first kappa shape index (κ1) is 20.3. The Labute approximate surface area is 175 Å². The highest BCUT2D eigenvalue weighted by Crippen LogP contribution is 2.36. The van der Waals surface area contributed by atoms with Crippen LogP contribution in [0.3, 0.4) is 0 Å². The van der Waals surface area contributed by atoms with Crippen LogP contribution in [0.4, 0.5) is 4.39 Å². The molecule has 1 saturated heterocycles. The Morgan fingerprint density at radius 2 is 1.77 bits per heavy atom. The highest BCUT2D eigenvalue weighted by Gasteiger charge is 2.43. The Bertz CT molecular complexity index is 958. The van der Waals surface area contributed by atoms with E-state index in [2.05, 4.69) is 0 Å². The Morgan fingerprint density at radius 1 is 1.10 bits per heavy atom. The predicted octanol–water partition coefficient (Wildman–Crippen LogP) is 3.50. The number of likely N-dealkylation sites (tertiary alicyclic amines) is 1. The number of carbonyl (C=O) groups is 3. The van der Waals surface area contributed by atoms with Gasteiger partial charge in [-0.05, 0) is 37.3 Å². The lowest BCUT2D eigenvalue weighted by Gasteiger charge is -2.31. The minimum absolute atomic E-state index is 0.0351. The van der Waals surface area contributed by atoms with Crippen molar-refractivity contribution in [3.05, 3.63) is 71.5 Å². The number of nitrogens with zero attached hydrogens (tertiary/aromatic N) is 2. The molecule has 5 nitrogen and oxygen atoms in total. The van der Waals surface area contributed by atoms with Crippen molar-refractivity contribution in [1.29, 1.82) is 0 Å². The van der Waals surface area contributed by atoms with Gasteiger partial charge in [0.05, 0.1) is 5.92 Å². The molecule has 156 valence electrons. The highest BCUT2D eigenvalue weighted by atomic mass is 19.1. The molecule has 1 aliphatic heterocycles. The molecule has 1 heterocycles. The molecule has 0 unspecified atom stereocenters. The van der Waals surface area contributed by atoms with Crippen molar-refractivity contribution in [3.63, 3.8) is 0 Å². The molecule has 2 aromatic rings. The molecule has 0 bridgehead atoms. The number of rotatable bonds is 7. The maximum atomic E-state index is 14.1. The summed E-state index contributed by atoms with van der Waals surface area (Å²) in [5.74, 6) is -2.11. The molecular weight excluding hydrogens is 383 g/mol. The van der Waals surface area contributed by atoms with Crippen LogP contribution in [-0.2, 0) is 20.9 Å². The predicted molar refractivity (Wildman–Crippen MR) is 110 cm³/mol. The van der Waals surface area contributed by atoms with Crippen LogP contribution in [-0.4, -0.2) is 40.1 Å². The summed E-state index contributed by atoms with van der Waals surface area (Å²) in [6.45, 7) is 2.16. The van der Waals surface area contributed by atoms with E-state index in [9.17, 15) is 18.8 Å². The van der Waals surface area contributed by atoms with Crippen LogP contribution >= 0.6 is 0 Å². The monoisotopic (exact) mass is 408 g/mol. The lowest BCUT2D eigenvalue weighted by Crippen LogP contribution is -2.46. The molecule has 1 saturated carbocycles. The van der Waals surface area contributed by atoms with Gasteiger partial charge in [-0.1, -0.05) is 48.5 Å². The van der Waals surface area contributed by atoms with Crippen molar-refractivity contribution < 1.29 is 18.8 Å². The Kier molecular flexibility index (Phi) is 5.66. The Balaban J connectivity index is 1.51. The fourth-order valence-corrected chi connectivity index (χ4v) is 4.15.